The third-order valence-corrected chi connectivity index (χ3v) is 2.76. The van der Waals surface area contributed by atoms with Crippen LogP contribution in [0.3, 0.4) is 0 Å². The van der Waals surface area contributed by atoms with E-state index in [-0.39, 0.29) is 12.4 Å². The molecule has 0 spiro atoms. The zero-order valence-electron chi connectivity index (χ0n) is 11.0. The van der Waals surface area contributed by atoms with Crippen LogP contribution in [0.2, 0.25) is 0 Å². The van der Waals surface area contributed by atoms with E-state index in [0.717, 1.165) is 18.9 Å². The Labute approximate surface area is 106 Å². The molecule has 0 bridgehead atoms. The van der Waals surface area contributed by atoms with Gasteiger partial charge in [-0.2, -0.15) is 0 Å². The van der Waals surface area contributed by atoms with Crippen LogP contribution in [-0.2, 0) is 13.0 Å². The van der Waals surface area contributed by atoms with Crippen molar-refractivity contribution in [3.05, 3.63) is 17.7 Å². The van der Waals surface area contributed by atoms with E-state index < -0.39 is 0 Å². The van der Waals surface area contributed by atoms with Crippen LogP contribution < -0.4 is 0 Å². The van der Waals surface area contributed by atoms with Gasteiger partial charge in [0.2, 0.25) is 0 Å². The first kappa shape index (κ1) is 15.5. The minimum atomic E-state index is 0. The Morgan fingerprint density at radius 1 is 1.38 bits per heavy atom. The summed E-state index contributed by atoms with van der Waals surface area (Å²) in [6, 6.07) is 0. The molecule has 1 aromatic heterocycles. The van der Waals surface area contributed by atoms with E-state index >= 15 is 0 Å². The van der Waals surface area contributed by atoms with E-state index in [9.17, 15) is 0 Å². The molecule has 1 aromatic rings. The molecular formula is C13H25ClN2. The number of rotatable bonds is 6. The van der Waals surface area contributed by atoms with E-state index in [2.05, 4.69) is 43.4 Å². The number of aromatic nitrogens is 2. The molecule has 0 amide bonds. The van der Waals surface area contributed by atoms with E-state index in [1.54, 1.807) is 0 Å². The molecule has 0 aliphatic heterocycles. The number of halogens is 1. The van der Waals surface area contributed by atoms with Crippen molar-refractivity contribution in [2.24, 2.45) is 5.92 Å². The fraction of sp³-hybridized carbons (Fsp3) is 0.769. The molecule has 94 valence electrons. The number of imidazole rings is 1. The normalized spacial score (nSPS) is 10.6. The molecule has 0 unspecified atom stereocenters. The molecule has 0 radical (unpaired) electrons. The van der Waals surface area contributed by atoms with Crippen LogP contribution in [-0.4, -0.2) is 9.55 Å². The van der Waals surface area contributed by atoms with Crippen LogP contribution in [0.15, 0.2) is 6.20 Å². The molecule has 0 saturated heterocycles. The van der Waals surface area contributed by atoms with Gasteiger partial charge in [-0.15, -0.1) is 12.4 Å². The van der Waals surface area contributed by atoms with Crippen molar-refractivity contribution in [2.45, 2.75) is 59.9 Å². The van der Waals surface area contributed by atoms with Crippen molar-refractivity contribution < 1.29 is 0 Å². The summed E-state index contributed by atoms with van der Waals surface area (Å²) in [5.41, 5.74) is 1.26. The summed E-state index contributed by atoms with van der Waals surface area (Å²) in [7, 11) is 0. The number of aryl methyl sites for hydroxylation is 3. The van der Waals surface area contributed by atoms with Gasteiger partial charge in [0.1, 0.15) is 5.82 Å². The minimum absolute atomic E-state index is 0. The quantitative estimate of drug-likeness (QED) is 0.740. The van der Waals surface area contributed by atoms with Crippen molar-refractivity contribution in [1.29, 1.82) is 0 Å². The van der Waals surface area contributed by atoms with Crippen LogP contribution in [0, 0.1) is 12.8 Å². The lowest BCUT2D eigenvalue weighted by Gasteiger charge is -2.02. The number of unbranched alkanes of at least 4 members (excludes halogenated alkanes) is 1. The predicted octanol–water partition coefficient (Wildman–Crippen LogP) is 4.00. The maximum atomic E-state index is 4.60. The molecule has 0 saturated carbocycles. The molecule has 2 nitrogen and oxygen atoms in total. The first-order valence-corrected chi connectivity index (χ1v) is 6.16. The average molecular weight is 245 g/mol. The molecule has 0 aliphatic rings. The largest absolute Gasteiger partial charge is 0.335 e. The average Bonchev–Trinajstić information content (AvgIpc) is 2.53. The minimum Gasteiger partial charge on any atom is -0.335 e. The van der Waals surface area contributed by atoms with Gasteiger partial charge in [0.05, 0.1) is 5.69 Å². The summed E-state index contributed by atoms with van der Waals surface area (Å²) in [4.78, 5) is 4.60. The first-order chi connectivity index (χ1) is 7.13. The summed E-state index contributed by atoms with van der Waals surface area (Å²) in [6.07, 6.45) is 7.09. The molecule has 1 rings (SSSR count). The monoisotopic (exact) mass is 244 g/mol. The molecule has 3 heteroatoms. The molecule has 16 heavy (non-hydrogen) atoms. The fourth-order valence-electron chi connectivity index (χ4n) is 1.69. The Bertz CT molecular complexity index is 292. The highest BCUT2D eigenvalue weighted by atomic mass is 35.5. The van der Waals surface area contributed by atoms with Crippen LogP contribution in [0.25, 0.3) is 0 Å². The Morgan fingerprint density at radius 3 is 2.62 bits per heavy atom. The molecule has 1 heterocycles. The summed E-state index contributed by atoms with van der Waals surface area (Å²) in [6.45, 7) is 9.99. The van der Waals surface area contributed by atoms with Gasteiger partial charge in [-0.25, -0.2) is 4.98 Å². The van der Waals surface area contributed by atoms with Gasteiger partial charge in [-0.3, -0.25) is 0 Å². The van der Waals surface area contributed by atoms with Gasteiger partial charge in [0.25, 0.3) is 0 Å². The number of nitrogens with zero attached hydrogens (tertiary/aromatic N) is 2. The van der Waals surface area contributed by atoms with Crippen LogP contribution in [0.5, 0.6) is 0 Å². The van der Waals surface area contributed by atoms with Gasteiger partial charge in [-0.1, -0.05) is 27.2 Å². The lowest BCUT2D eigenvalue weighted by atomic mass is 10.1. The molecule has 0 atom stereocenters. The van der Waals surface area contributed by atoms with Crippen LogP contribution in [0.4, 0.5) is 0 Å². The Kier molecular flexibility index (Phi) is 7.48. The van der Waals surface area contributed by atoms with Crippen molar-refractivity contribution >= 4 is 12.4 Å². The van der Waals surface area contributed by atoms with Crippen LogP contribution >= 0.6 is 12.4 Å². The third kappa shape index (κ3) is 5.02. The lowest BCUT2D eigenvalue weighted by Crippen LogP contribution is -1.98. The summed E-state index contributed by atoms with van der Waals surface area (Å²) in [5, 5.41) is 0. The topological polar surface area (TPSA) is 17.8 Å². The molecule has 0 aliphatic carbocycles. The highest BCUT2D eigenvalue weighted by Crippen LogP contribution is 2.10. The second-order valence-electron chi connectivity index (χ2n) is 4.76. The Hall–Kier alpha value is -0.500. The van der Waals surface area contributed by atoms with E-state index in [1.165, 1.54) is 30.8 Å². The van der Waals surface area contributed by atoms with E-state index in [1.807, 2.05) is 0 Å². The van der Waals surface area contributed by atoms with Crippen molar-refractivity contribution in [3.8, 4) is 0 Å². The lowest BCUT2D eigenvalue weighted by molar-refractivity contribution is 0.581. The van der Waals surface area contributed by atoms with E-state index in [0.29, 0.717) is 0 Å². The zero-order chi connectivity index (χ0) is 11.3. The summed E-state index contributed by atoms with van der Waals surface area (Å²) < 4.78 is 2.29. The Balaban J connectivity index is 0.00000225. The SMILES string of the molecule is CCCCn1cc(CCC(C)C)nc1C.Cl. The van der Waals surface area contributed by atoms with Gasteiger partial charge >= 0.3 is 0 Å². The van der Waals surface area contributed by atoms with Crippen molar-refractivity contribution in [3.63, 3.8) is 0 Å². The number of hydrogen-bond acceptors (Lipinski definition) is 1. The standard InChI is InChI=1S/C13H24N2.ClH/c1-5-6-9-15-10-13(14-12(15)4)8-7-11(2)3;/h10-11H,5-9H2,1-4H3;1H. The maximum Gasteiger partial charge on any atom is 0.105 e. The van der Waals surface area contributed by atoms with Gasteiger partial charge in [0, 0.05) is 12.7 Å². The second kappa shape index (κ2) is 7.72. The van der Waals surface area contributed by atoms with Gasteiger partial charge in [-0.05, 0) is 32.1 Å². The van der Waals surface area contributed by atoms with Gasteiger partial charge in [0.15, 0.2) is 0 Å². The molecule has 0 fully saturated rings. The maximum absolute atomic E-state index is 4.60. The fourth-order valence-corrected chi connectivity index (χ4v) is 1.69. The molecular weight excluding hydrogens is 220 g/mol. The van der Waals surface area contributed by atoms with Crippen molar-refractivity contribution in [2.75, 3.05) is 0 Å². The van der Waals surface area contributed by atoms with Crippen molar-refractivity contribution in [1.82, 2.24) is 9.55 Å². The summed E-state index contributed by atoms with van der Waals surface area (Å²) >= 11 is 0. The molecule has 0 N–H and O–H groups in total. The summed E-state index contributed by atoms with van der Waals surface area (Å²) in [5.74, 6) is 1.94. The second-order valence-corrected chi connectivity index (χ2v) is 4.76. The zero-order valence-corrected chi connectivity index (χ0v) is 11.8. The smallest absolute Gasteiger partial charge is 0.105 e. The highest BCUT2D eigenvalue weighted by Gasteiger charge is 2.04. The van der Waals surface area contributed by atoms with E-state index in [4.69, 9.17) is 0 Å². The Morgan fingerprint density at radius 2 is 2.06 bits per heavy atom. The first-order valence-electron chi connectivity index (χ1n) is 6.16. The van der Waals surface area contributed by atoms with Crippen LogP contribution in [0.1, 0.15) is 51.6 Å². The predicted molar refractivity (Wildman–Crippen MR) is 72.3 cm³/mol. The van der Waals surface area contributed by atoms with Gasteiger partial charge < -0.3 is 4.57 Å². The highest BCUT2D eigenvalue weighted by molar-refractivity contribution is 5.85. The number of hydrogen-bond donors (Lipinski definition) is 0. The third-order valence-electron chi connectivity index (χ3n) is 2.76. The molecule has 0 aromatic carbocycles.